The van der Waals surface area contributed by atoms with Crippen LogP contribution in [0.2, 0.25) is 0 Å². The molecule has 0 radical (unpaired) electrons. The second-order valence-corrected chi connectivity index (χ2v) is 8.00. The molecular formula is C24H22N2O2S. The van der Waals surface area contributed by atoms with Crippen LogP contribution in [0, 0.1) is 0 Å². The van der Waals surface area contributed by atoms with Crippen LogP contribution in [0.1, 0.15) is 28.8 Å². The summed E-state index contributed by atoms with van der Waals surface area (Å²) in [7, 11) is 0. The molecule has 3 aromatic carbocycles. The third-order valence-corrected chi connectivity index (χ3v) is 5.96. The zero-order chi connectivity index (χ0) is 20.1. The Hall–Kier alpha value is -3.05. The Morgan fingerprint density at radius 2 is 1.66 bits per heavy atom. The van der Waals surface area contributed by atoms with Crippen molar-refractivity contribution in [1.29, 1.82) is 0 Å². The van der Waals surface area contributed by atoms with Gasteiger partial charge < -0.3 is 10.2 Å². The maximum absolute atomic E-state index is 12.5. The zero-order valence-corrected chi connectivity index (χ0v) is 16.8. The molecule has 1 heterocycles. The average molecular weight is 403 g/mol. The fraction of sp³-hybridized carbons (Fsp3) is 0.167. The number of hydrogen-bond acceptors (Lipinski definition) is 3. The summed E-state index contributed by atoms with van der Waals surface area (Å²) in [5.74, 6) is 0.873. The van der Waals surface area contributed by atoms with Gasteiger partial charge in [0.1, 0.15) is 0 Å². The van der Waals surface area contributed by atoms with Crippen molar-refractivity contribution in [3.8, 4) is 0 Å². The van der Waals surface area contributed by atoms with Crippen LogP contribution in [0.3, 0.4) is 0 Å². The first-order valence-electron chi connectivity index (χ1n) is 9.68. The number of thioether (sulfide) groups is 1. The minimum absolute atomic E-state index is 0.146. The quantitative estimate of drug-likeness (QED) is 0.565. The van der Waals surface area contributed by atoms with Gasteiger partial charge in [-0.3, -0.25) is 9.59 Å². The Morgan fingerprint density at radius 3 is 2.31 bits per heavy atom. The number of carbonyl (C=O) groups excluding carboxylic acids is 2. The molecular weight excluding hydrogens is 380 g/mol. The summed E-state index contributed by atoms with van der Waals surface area (Å²) in [6.45, 7) is 0.749. The second kappa shape index (κ2) is 8.97. The maximum Gasteiger partial charge on any atom is 0.255 e. The van der Waals surface area contributed by atoms with Gasteiger partial charge in [-0.05, 0) is 60.5 Å². The van der Waals surface area contributed by atoms with Gasteiger partial charge in [0, 0.05) is 40.6 Å². The normalized spacial score (nSPS) is 13.5. The predicted molar refractivity (Wildman–Crippen MR) is 118 cm³/mol. The molecule has 1 saturated heterocycles. The molecule has 0 bridgehead atoms. The lowest BCUT2D eigenvalue weighted by molar-refractivity contribution is -0.117. The Kier molecular flexibility index (Phi) is 5.96. The van der Waals surface area contributed by atoms with Crippen molar-refractivity contribution in [2.24, 2.45) is 0 Å². The smallest absolute Gasteiger partial charge is 0.255 e. The van der Waals surface area contributed by atoms with E-state index in [0.717, 1.165) is 30.1 Å². The van der Waals surface area contributed by atoms with Crippen LogP contribution in [0.5, 0.6) is 0 Å². The molecule has 3 aromatic rings. The molecule has 0 aliphatic carbocycles. The molecule has 4 rings (SSSR count). The molecule has 0 unspecified atom stereocenters. The van der Waals surface area contributed by atoms with Gasteiger partial charge in [-0.15, -0.1) is 11.8 Å². The summed E-state index contributed by atoms with van der Waals surface area (Å²) in [5.41, 5.74) is 3.40. The van der Waals surface area contributed by atoms with E-state index in [9.17, 15) is 9.59 Å². The summed E-state index contributed by atoms with van der Waals surface area (Å²) in [6.07, 6.45) is 1.49. The maximum atomic E-state index is 12.5. The highest BCUT2D eigenvalue weighted by Crippen LogP contribution is 2.24. The van der Waals surface area contributed by atoms with Crippen molar-refractivity contribution in [3.05, 3.63) is 90.0 Å². The third-order valence-electron chi connectivity index (χ3n) is 4.88. The molecule has 1 N–H and O–H groups in total. The number of benzene rings is 3. The van der Waals surface area contributed by atoms with Crippen LogP contribution in [0.4, 0.5) is 11.4 Å². The van der Waals surface area contributed by atoms with Gasteiger partial charge in [0.15, 0.2) is 0 Å². The topological polar surface area (TPSA) is 49.4 Å². The van der Waals surface area contributed by atoms with Gasteiger partial charge in [0.05, 0.1) is 0 Å². The number of nitrogens with one attached hydrogen (secondary N) is 1. The van der Waals surface area contributed by atoms with Crippen LogP contribution in [0.25, 0.3) is 0 Å². The standard InChI is InChI=1S/C24H22N2O2S/c27-23-7-4-16-26(23)21-14-10-19(11-15-21)24(28)25-20-12-8-18(9-13-20)17-29-22-5-2-1-3-6-22/h1-3,5-6,8-15H,4,7,16-17H2,(H,25,28). The summed E-state index contributed by atoms with van der Waals surface area (Å²) in [6, 6.07) is 25.4. The molecule has 5 heteroatoms. The monoisotopic (exact) mass is 402 g/mol. The van der Waals surface area contributed by atoms with E-state index < -0.39 is 0 Å². The molecule has 0 saturated carbocycles. The van der Waals surface area contributed by atoms with E-state index in [1.165, 1.54) is 10.5 Å². The lowest BCUT2D eigenvalue weighted by atomic mass is 10.1. The number of rotatable bonds is 6. The van der Waals surface area contributed by atoms with Crippen LogP contribution in [-0.2, 0) is 10.5 Å². The molecule has 146 valence electrons. The highest BCUT2D eigenvalue weighted by atomic mass is 32.2. The van der Waals surface area contributed by atoms with Gasteiger partial charge in [0.25, 0.3) is 5.91 Å². The van der Waals surface area contributed by atoms with Crippen molar-refractivity contribution >= 4 is 35.0 Å². The lowest BCUT2D eigenvalue weighted by Gasteiger charge is -2.15. The first-order valence-corrected chi connectivity index (χ1v) is 10.7. The third kappa shape index (κ3) is 4.87. The van der Waals surface area contributed by atoms with Gasteiger partial charge in [0.2, 0.25) is 5.91 Å². The number of carbonyl (C=O) groups is 2. The molecule has 4 nitrogen and oxygen atoms in total. The first kappa shape index (κ1) is 19.3. The van der Waals surface area contributed by atoms with Crippen molar-refractivity contribution < 1.29 is 9.59 Å². The number of hydrogen-bond donors (Lipinski definition) is 1. The SMILES string of the molecule is O=C(Nc1ccc(CSc2ccccc2)cc1)c1ccc(N2CCCC2=O)cc1. The van der Waals surface area contributed by atoms with E-state index in [4.69, 9.17) is 0 Å². The van der Waals surface area contributed by atoms with E-state index in [0.29, 0.717) is 12.0 Å². The molecule has 2 amide bonds. The molecule has 0 spiro atoms. The number of amides is 2. The average Bonchev–Trinajstić information content (AvgIpc) is 3.20. The first-order chi connectivity index (χ1) is 14.2. The summed E-state index contributed by atoms with van der Waals surface area (Å²) >= 11 is 1.79. The van der Waals surface area contributed by atoms with Gasteiger partial charge >= 0.3 is 0 Å². The fourth-order valence-corrected chi connectivity index (χ4v) is 4.16. The van der Waals surface area contributed by atoms with Gasteiger partial charge in [-0.2, -0.15) is 0 Å². The molecule has 1 aliphatic heterocycles. The Bertz CT molecular complexity index is 986. The minimum atomic E-state index is -0.157. The van der Waals surface area contributed by atoms with E-state index >= 15 is 0 Å². The Balaban J connectivity index is 1.34. The van der Waals surface area contributed by atoms with Crippen LogP contribution in [0.15, 0.2) is 83.8 Å². The van der Waals surface area contributed by atoms with E-state index in [-0.39, 0.29) is 11.8 Å². The van der Waals surface area contributed by atoms with Crippen molar-refractivity contribution in [1.82, 2.24) is 0 Å². The molecule has 0 atom stereocenters. The van der Waals surface area contributed by atoms with Crippen molar-refractivity contribution in [3.63, 3.8) is 0 Å². The van der Waals surface area contributed by atoms with Crippen molar-refractivity contribution in [2.75, 3.05) is 16.8 Å². The highest BCUT2D eigenvalue weighted by molar-refractivity contribution is 7.98. The van der Waals surface area contributed by atoms with Gasteiger partial charge in [-0.1, -0.05) is 30.3 Å². The van der Waals surface area contributed by atoms with Crippen LogP contribution < -0.4 is 10.2 Å². The van der Waals surface area contributed by atoms with Crippen LogP contribution >= 0.6 is 11.8 Å². The van der Waals surface area contributed by atoms with E-state index in [1.807, 2.05) is 54.6 Å². The number of anilines is 2. The van der Waals surface area contributed by atoms with Crippen molar-refractivity contribution in [2.45, 2.75) is 23.5 Å². The molecule has 0 aromatic heterocycles. The molecule has 29 heavy (non-hydrogen) atoms. The summed E-state index contributed by atoms with van der Waals surface area (Å²) < 4.78 is 0. The Morgan fingerprint density at radius 1 is 0.931 bits per heavy atom. The second-order valence-electron chi connectivity index (χ2n) is 6.95. The summed E-state index contributed by atoms with van der Waals surface area (Å²) in [5, 5.41) is 2.93. The highest BCUT2D eigenvalue weighted by Gasteiger charge is 2.21. The summed E-state index contributed by atoms with van der Waals surface area (Å²) in [4.78, 5) is 27.4. The lowest BCUT2D eigenvalue weighted by Crippen LogP contribution is -2.23. The molecule has 1 fully saturated rings. The molecule has 1 aliphatic rings. The predicted octanol–water partition coefficient (Wildman–Crippen LogP) is 5.36. The fourth-order valence-electron chi connectivity index (χ4n) is 3.28. The largest absolute Gasteiger partial charge is 0.322 e. The van der Waals surface area contributed by atoms with Gasteiger partial charge in [-0.25, -0.2) is 0 Å². The van der Waals surface area contributed by atoms with Crippen LogP contribution in [-0.4, -0.2) is 18.4 Å². The zero-order valence-electron chi connectivity index (χ0n) is 16.0. The Labute approximate surface area is 174 Å². The van der Waals surface area contributed by atoms with E-state index in [1.54, 1.807) is 28.8 Å². The minimum Gasteiger partial charge on any atom is -0.322 e. The van der Waals surface area contributed by atoms with E-state index in [2.05, 4.69) is 17.4 Å². The number of nitrogens with zero attached hydrogens (tertiary/aromatic N) is 1.